The van der Waals surface area contributed by atoms with Gasteiger partial charge in [0.25, 0.3) is 0 Å². The van der Waals surface area contributed by atoms with Crippen molar-refractivity contribution >= 4 is 27.6 Å². The molecule has 0 saturated carbocycles. The van der Waals surface area contributed by atoms with E-state index in [1.165, 1.54) is 0 Å². The van der Waals surface area contributed by atoms with Crippen LogP contribution in [0.5, 0.6) is 0 Å². The Morgan fingerprint density at radius 3 is 2.71 bits per heavy atom. The predicted octanol–water partition coefficient (Wildman–Crippen LogP) is 2.38. The zero-order chi connectivity index (χ0) is 9.80. The van der Waals surface area contributed by atoms with Gasteiger partial charge >= 0.3 is 0 Å². The lowest BCUT2D eigenvalue weighted by Crippen LogP contribution is -1.96. The van der Waals surface area contributed by atoms with Crippen LogP contribution in [-0.4, -0.2) is 15.2 Å². The minimum absolute atomic E-state index is 0.673. The number of pyridine rings is 1. The Bertz CT molecular complexity index is 418. The van der Waals surface area contributed by atoms with Gasteiger partial charge < -0.3 is 5.32 Å². The van der Waals surface area contributed by atoms with E-state index in [2.05, 4.69) is 36.4 Å². The summed E-state index contributed by atoms with van der Waals surface area (Å²) < 4.78 is 0.894. The number of halogens is 1. The molecule has 0 radical (unpaired) electrons. The van der Waals surface area contributed by atoms with E-state index >= 15 is 0 Å². The second-order valence-electron chi connectivity index (χ2n) is 2.57. The van der Waals surface area contributed by atoms with E-state index in [1.807, 2.05) is 24.3 Å². The molecular formula is C9H7BrN4. The third kappa shape index (κ3) is 2.05. The highest BCUT2D eigenvalue weighted by Crippen LogP contribution is 2.20. The molecule has 2 heterocycles. The van der Waals surface area contributed by atoms with Crippen molar-refractivity contribution in [1.82, 2.24) is 15.2 Å². The van der Waals surface area contributed by atoms with Crippen molar-refractivity contribution in [3.05, 3.63) is 41.1 Å². The highest BCUT2D eigenvalue weighted by atomic mass is 79.9. The molecule has 1 N–H and O–H groups in total. The van der Waals surface area contributed by atoms with E-state index in [0.717, 1.165) is 10.3 Å². The maximum absolute atomic E-state index is 4.15. The summed E-state index contributed by atoms with van der Waals surface area (Å²) in [6.45, 7) is 0. The maximum atomic E-state index is 4.15. The number of aromatic nitrogens is 3. The lowest BCUT2D eigenvalue weighted by molar-refractivity contribution is 1.03. The molecule has 5 heteroatoms. The third-order valence-electron chi connectivity index (χ3n) is 1.58. The molecular weight excluding hydrogens is 244 g/mol. The zero-order valence-corrected chi connectivity index (χ0v) is 8.77. The first-order valence-corrected chi connectivity index (χ1v) is 4.81. The van der Waals surface area contributed by atoms with Crippen LogP contribution < -0.4 is 5.32 Å². The summed E-state index contributed by atoms with van der Waals surface area (Å²) in [7, 11) is 0. The van der Waals surface area contributed by atoms with Gasteiger partial charge in [-0.3, -0.25) is 0 Å². The van der Waals surface area contributed by atoms with Crippen LogP contribution in [0.3, 0.4) is 0 Å². The minimum atomic E-state index is 0.673. The van der Waals surface area contributed by atoms with Crippen molar-refractivity contribution in [3.8, 4) is 0 Å². The van der Waals surface area contributed by atoms with Gasteiger partial charge in [0.2, 0.25) is 0 Å². The first kappa shape index (κ1) is 9.08. The van der Waals surface area contributed by atoms with Crippen molar-refractivity contribution in [3.63, 3.8) is 0 Å². The summed E-state index contributed by atoms with van der Waals surface area (Å²) in [5.41, 5.74) is 0. The van der Waals surface area contributed by atoms with Gasteiger partial charge in [-0.05, 0) is 40.2 Å². The van der Waals surface area contributed by atoms with Gasteiger partial charge in [0.1, 0.15) is 5.82 Å². The van der Waals surface area contributed by atoms with Crippen LogP contribution in [0.1, 0.15) is 0 Å². The van der Waals surface area contributed by atoms with E-state index in [-0.39, 0.29) is 0 Å². The van der Waals surface area contributed by atoms with Gasteiger partial charge in [-0.25, -0.2) is 4.98 Å². The molecule has 4 nitrogen and oxygen atoms in total. The van der Waals surface area contributed by atoms with Crippen LogP contribution in [0.15, 0.2) is 41.1 Å². The lowest BCUT2D eigenvalue weighted by atomic mass is 10.4. The minimum Gasteiger partial charge on any atom is -0.323 e. The summed E-state index contributed by atoms with van der Waals surface area (Å²) in [6.07, 6.45) is 3.34. The Hall–Kier alpha value is -1.49. The van der Waals surface area contributed by atoms with Crippen molar-refractivity contribution in [2.24, 2.45) is 0 Å². The van der Waals surface area contributed by atoms with Crippen molar-refractivity contribution < 1.29 is 0 Å². The molecule has 0 aromatic carbocycles. The summed E-state index contributed by atoms with van der Waals surface area (Å²) in [4.78, 5) is 4.15. The Labute approximate surface area is 89.5 Å². The van der Waals surface area contributed by atoms with Crippen molar-refractivity contribution in [1.29, 1.82) is 0 Å². The molecule has 14 heavy (non-hydrogen) atoms. The molecule has 2 aromatic rings. The summed E-state index contributed by atoms with van der Waals surface area (Å²) in [5.74, 6) is 1.40. The van der Waals surface area contributed by atoms with E-state index in [4.69, 9.17) is 0 Å². The summed E-state index contributed by atoms with van der Waals surface area (Å²) in [5, 5.41) is 10.7. The molecule has 0 spiro atoms. The van der Waals surface area contributed by atoms with Crippen molar-refractivity contribution in [2.75, 3.05) is 5.32 Å². The average Bonchev–Trinajstić information content (AvgIpc) is 2.23. The van der Waals surface area contributed by atoms with Gasteiger partial charge in [0.05, 0.1) is 4.47 Å². The monoisotopic (exact) mass is 250 g/mol. The molecule has 0 atom stereocenters. The number of hydrogen-bond donors (Lipinski definition) is 1. The van der Waals surface area contributed by atoms with Crippen LogP contribution in [0, 0.1) is 0 Å². The van der Waals surface area contributed by atoms with Crippen LogP contribution in [0.25, 0.3) is 0 Å². The Morgan fingerprint density at radius 2 is 2.00 bits per heavy atom. The first-order valence-electron chi connectivity index (χ1n) is 4.01. The highest BCUT2D eigenvalue weighted by molar-refractivity contribution is 9.10. The Balaban J connectivity index is 2.24. The Morgan fingerprint density at radius 1 is 1.14 bits per heavy atom. The largest absolute Gasteiger partial charge is 0.323 e. The maximum Gasteiger partial charge on any atom is 0.154 e. The van der Waals surface area contributed by atoms with Gasteiger partial charge in [-0.1, -0.05) is 0 Å². The first-order chi connectivity index (χ1) is 6.86. The molecule has 0 bridgehead atoms. The summed E-state index contributed by atoms with van der Waals surface area (Å²) in [6, 6.07) is 7.40. The highest BCUT2D eigenvalue weighted by Gasteiger charge is 2.00. The van der Waals surface area contributed by atoms with Gasteiger partial charge in [-0.2, -0.15) is 5.10 Å². The molecule has 0 aliphatic carbocycles. The molecule has 70 valence electrons. The average molecular weight is 251 g/mol. The molecule has 0 saturated heterocycles. The third-order valence-corrected chi connectivity index (χ3v) is 2.22. The molecule has 0 aliphatic heterocycles. The fourth-order valence-electron chi connectivity index (χ4n) is 0.967. The van der Waals surface area contributed by atoms with E-state index in [1.54, 1.807) is 12.4 Å². The lowest BCUT2D eigenvalue weighted by Gasteiger charge is -2.04. The number of anilines is 2. The number of hydrogen-bond acceptors (Lipinski definition) is 4. The molecule has 0 unspecified atom stereocenters. The van der Waals surface area contributed by atoms with Crippen LogP contribution in [0.2, 0.25) is 0 Å². The van der Waals surface area contributed by atoms with Crippen LogP contribution in [-0.2, 0) is 0 Å². The van der Waals surface area contributed by atoms with E-state index in [0.29, 0.717) is 5.82 Å². The van der Waals surface area contributed by atoms with E-state index < -0.39 is 0 Å². The Kier molecular flexibility index (Phi) is 2.69. The van der Waals surface area contributed by atoms with Crippen LogP contribution in [0.4, 0.5) is 11.6 Å². The van der Waals surface area contributed by atoms with Crippen LogP contribution >= 0.6 is 15.9 Å². The molecule has 0 fully saturated rings. The van der Waals surface area contributed by atoms with Gasteiger partial charge in [0, 0.05) is 12.4 Å². The number of nitrogens with zero attached hydrogens (tertiary/aromatic N) is 3. The second kappa shape index (κ2) is 4.15. The molecule has 0 amide bonds. The standard InChI is InChI=1S/C9H7BrN4/c10-7-3-1-5-11-9(7)13-8-4-2-6-12-14-8/h1-6H,(H,11,13,14). The quantitative estimate of drug-likeness (QED) is 0.890. The predicted molar refractivity (Wildman–Crippen MR) is 57.3 cm³/mol. The number of rotatable bonds is 2. The fourth-order valence-corrected chi connectivity index (χ4v) is 1.32. The van der Waals surface area contributed by atoms with Crippen molar-refractivity contribution in [2.45, 2.75) is 0 Å². The van der Waals surface area contributed by atoms with E-state index in [9.17, 15) is 0 Å². The normalized spacial score (nSPS) is 9.79. The molecule has 2 rings (SSSR count). The van der Waals surface area contributed by atoms with Gasteiger partial charge in [-0.15, -0.1) is 5.10 Å². The SMILES string of the molecule is Brc1cccnc1Nc1cccnn1. The zero-order valence-electron chi connectivity index (χ0n) is 7.18. The summed E-state index contributed by atoms with van der Waals surface area (Å²) >= 11 is 3.38. The molecule has 0 aliphatic rings. The number of nitrogens with one attached hydrogen (secondary N) is 1. The second-order valence-corrected chi connectivity index (χ2v) is 3.42. The molecule has 2 aromatic heterocycles. The van der Waals surface area contributed by atoms with Gasteiger partial charge in [0.15, 0.2) is 5.82 Å². The topological polar surface area (TPSA) is 50.7 Å². The fraction of sp³-hybridized carbons (Fsp3) is 0. The smallest absolute Gasteiger partial charge is 0.154 e.